The van der Waals surface area contributed by atoms with Crippen molar-refractivity contribution in [2.75, 3.05) is 13.1 Å². The van der Waals surface area contributed by atoms with Gasteiger partial charge in [-0.05, 0) is 13.3 Å². The van der Waals surface area contributed by atoms with Gasteiger partial charge >= 0.3 is 12.0 Å². The van der Waals surface area contributed by atoms with Gasteiger partial charge in [-0.25, -0.2) is 4.79 Å². The number of carboxylic acid groups (broad SMARTS) is 1. The van der Waals surface area contributed by atoms with Crippen LogP contribution in [0.2, 0.25) is 0 Å². The first-order chi connectivity index (χ1) is 7.88. The lowest BCUT2D eigenvalue weighted by atomic mass is 10.3. The Kier molecular flexibility index (Phi) is 6.69. The number of primary amides is 1. The largest absolute Gasteiger partial charge is 0.480 e. The van der Waals surface area contributed by atoms with Gasteiger partial charge in [-0.2, -0.15) is 0 Å². The van der Waals surface area contributed by atoms with Gasteiger partial charge < -0.3 is 21.1 Å². The van der Waals surface area contributed by atoms with E-state index >= 15 is 0 Å². The number of carboxylic acids is 1. The summed E-state index contributed by atoms with van der Waals surface area (Å²) in [5.74, 6) is -1.76. The third kappa shape index (κ3) is 6.39. The zero-order valence-corrected chi connectivity index (χ0v) is 10.1. The molecule has 0 radical (unpaired) electrons. The molecule has 0 saturated carbocycles. The summed E-state index contributed by atoms with van der Waals surface area (Å²) in [6.07, 6.45) is 1.58. The van der Waals surface area contributed by atoms with Crippen LogP contribution in [0.1, 0.15) is 26.7 Å². The van der Waals surface area contributed by atoms with Crippen LogP contribution < -0.4 is 11.1 Å². The van der Waals surface area contributed by atoms with Crippen molar-refractivity contribution in [3.8, 4) is 0 Å². The molecule has 7 heteroatoms. The molecule has 0 aliphatic heterocycles. The van der Waals surface area contributed by atoms with Gasteiger partial charge in [0, 0.05) is 6.54 Å². The van der Waals surface area contributed by atoms with Crippen LogP contribution in [0.3, 0.4) is 0 Å². The van der Waals surface area contributed by atoms with Gasteiger partial charge in [0.1, 0.15) is 12.6 Å². The van der Waals surface area contributed by atoms with Gasteiger partial charge in [-0.15, -0.1) is 0 Å². The molecule has 3 amide bonds. The highest BCUT2D eigenvalue weighted by atomic mass is 16.4. The molecule has 1 atom stereocenters. The Labute approximate surface area is 100.0 Å². The second kappa shape index (κ2) is 7.48. The Morgan fingerprint density at radius 2 is 2.00 bits per heavy atom. The van der Waals surface area contributed by atoms with Gasteiger partial charge in [0.2, 0.25) is 5.91 Å². The number of rotatable bonds is 7. The van der Waals surface area contributed by atoms with E-state index in [-0.39, 0.29) is 6.54 Å². The summed E-state index contributed by atoms with van der Waals surface area (Å²) < 4.78 is 0. The van der Waals surface area contributed by atoms with Gasteiger partial charge in [-0.3, -0.25) is 9.59 Å². The van der Waals surface area contributed by atoms with E-state index < -0.39 is 23.9 Å². The van der Waals surface area contributed by atoms with Crippen molar-refractivity contribution in [2.24, 2.45) is 5.73 Å². The molecule has 0 rings (SSSR count). The van der Waals surface area contributed by atoms with E-state index in [1.54, 1.807) is 0 Å². The second-order valence-electron chi connectivity index (χ2n) is 3.75. The van der Waals surface area contributed by atoms with Gasteiger partial charge in [0.15, 0.2) is 0 Å². The van der Waals surface area contributed by atoms with Crippen molar-refractivity contribution in [1.82, 2.24) is 10.2 Å². The van der Waals surface area contributed by atoms with Gasteiger partial charge in [-0.1, -0.05) is 13.3 Å². The SMILES string of the molecule is CCCCN(CC(N)=O)C(=O)N[C@H](C)C(=O)O. The number of nitrogens with two attached hydrogens (primary N) is 1. The minimum Gasteiger partial charge on any atom is -0.480 e. The molecule has 0 spiro atoms. The normalized spacial score (nSPS) is 11.6. The number of nitrogens with zero attached hydrogens (tertiary/aromatic N) is 1. The van der Waals surface area contributed by atoms with E-state index in [0.29, 0.717) is 6.54 Å². The van der Waals surface area contributed by atoms with E-state index in [0.717, 1.165) is 12.8 Å². The molecule has 0 aromatic carbocycles. The van der Waals surface area contributed by atoms with Crippen LogP contribution in [0.4, 0.5) is 4.79 Å². The standard InChI is InChI=1S/C10H19N3O4/c1-3-4-5-13(6-8(11)14)10(17)12-7(2)9(15)16/h7H,3-6H2,1-2H3,(H2,11,14)(H,12,17)(H,15,16)/t7-/m1/s1. The van der Waals surface area contributed by atoms with Crippen molar-refractivity contribution in [1.29, 1.82) is 0 Å². The summed E-state index contributed by atoms with van der Waals surface area (Å²) in [4.78, 5) is 34.2. The molecule has 17 heavy (non-hydrogen) atoms. The van der Waals surface area contributed by atoms with Crippen LogP contribution in [-0.2, 0) is 9.59 Å². The van der Waals surface area contributed by atoms with Crippen LogP contribution >= 0.6 is 0 Å². The third-order valence-electron chi connectivity index (χ3n) is 2.13. The van der Waals surface area contributed by atoms with E-state index in [2.05, 4.69) is 5.32 Å². The average Bonchev–Trinajstić information content (AvgIpc) is 2.23. The smallest absolute Gasteiger partial charge is 0.325 e. The Balaban J connectivity index is 4.40. The van der Waals surface area contributed by atoms with Gasteiger partial charge in [0.25, 0.3) is 0 Å². The maximum Gasteiger partial charge on any atom is 0.325 e. The molecule has 0 aliphatic carbocycles. The Morgan fingerprint density at radius 3 is 2.41 bits per heavy atom. The minimum absolute atomic E-state index is 0.210. The highest BCUT2D eigenvalue weighted by molar-refractivity contribution is 5.85. The van der Waals surface area contributed by atoms with Crippen molar-refractivity contribution in [3.63, 3.8) is 0 Å². The van der Waals surface area contributed by atoms with Crippen LogP contribution in [-0.4, -0.2) is 47.0 Å². The zero-order chi connectivity index (χ0) is 13.4. The fraction of sp³-hybridized carbons (Fsp3) is 0.700. The van der Waals surface area contributed by atoms with Crippen LogP contribution in [0.25, 0.3) is 0 Å². The molecule has 0 aliphatic rings. The highest BCUT2D eigenvalue weighted by Crippen LogP contribution is 1.97. The molecule has 7 nitrogen and oxygen atoms in total. The number of urea groups is 1. The van der Waals surface area contributed by atoms with Crippen LogP contribution in [0, 0.1) is 0 Å². The number of nitrogens with one attached hydrogen (secondary N) is 1. The Hall–Kier alpha value is -1.79. The average molecular weight is 245 g/mol. The van der Waals surface area contributed by atoms with E-state index in [1.807, 2.05) is 6.92 Å². The maximum absolute atomic E-state index is 11.6. The number of unbranched alkanes of at least 4 members (excludes halogenated alkanes) is 1. The van der Waals surface area contributed by atoms with Crippen molar-refractivity contribution in [3.05, 3.63) is 0 Å². The summed E-state index contributed by atoms with van der Waals surface area (Å²) in [6, 6.07) is -1.59. The monoisotopic (exact) mass is 245 g/mol. The zero-order valence-electron chi connectivity index (χ0n) is 10.1. The van der Waals surface area contributed by atoms with Gasteiger partial charge in [0.05, 0.1) is 0 Å². The number of hydrogen-bond acceptors (Lipinski definition) is 3. The molecule has 0 fully saturated rings. The molecular formula is C10H19N3O4. The first-order valence-electron chi connectivity index (χ1n) is 5.45. The minimum atomic E-state index is -1.13. The lowest BCUT2D eigenvalue weighted by Gasteiger charge is -2.22. The molecule has 0 aromatic heterocycles. The van der Waals surface area contributed by atoms with Crippen molar-refractivity contribution < 1.29 is 19.5 Å². The Morgan fingerprint density at radius 1 is 1.41 bits per heavy atom. The summed E-state index contributed by atoms with van der Waals surface area (Å²) in [5.41, 5.74) is 5.02. The topological polar surface area (TPSA) is 113 Å². The maximum atomic E-state index is 11.6. The highest BCUT2D eigenvalue weighted by Gasteiger charge is 2.19. The third-order valence-corrected chi connectivity index (χ3v) is 2.13. The molecule has 0 aromatic rings. The molecule has 0 unspecified atom stereocenters. The fourth-order valence-electron chi connectivity index (χ4n) is 1.13. The number of carbonyl (C=O) groups excluding carboxylic acids is 2. The summed E-state index contributed by atoms with van der Waals surface area (Å²) in [5, 5.41) is 10.9. The molecule has 98 valence electrons. The number of aliphatic carboxylic acids is 1. The Bertz CT molecular complexity index is 293. The summed E-state index contributed by atoms with van der Waals surface area (Å²) in [6.45, 7) is 3.46. The van der Waals surface area contributed by atoms with Crippen LogP contribution in [0.5, 0.6) is 0 Å². The number of amides is 3. The number of carbonyl (C=O) groups is 3. The van der Waals surface area contributed by atoms with E-state index in [9.17, 15) is 14.4 Å². The van der Waals surface area contributed by atoms with Crippen molar-refractivity contribution >= 4 is 17.9 Å². The predicted octanol–water partition coefficient (Wildman–Crippen LogP) is -0.243. The second-order valence-corrected chi connectivity index (χ2v) is 3.75. The lowest BCUT2D eigenvalue weighted by molar-refractivity contribution is -0.138. The first-order valence-corrected chi connectivity index (χ1v) is 5.45. The lowest BCUT2D eigenvalue weighted by Crippen LogP contribution is -2.49. The molecule has 0 heterocycles. The fourth-order valence-corrected chi connectivity index (χ4v) is 1.13. The molecule has 4 N–H and O–H groups in total. The molecule has 0 saturated heterocycles. The molecule has 0 bridgehead atoms. The van der Waals surface area contributed by atoms with Crippen LogP contribution in [0.15, 0.2) is 0 Å². The van der Waals surface area contributed by atoms with E-state index in [4.69, 9.17) is 10.8 Å². The predicted molar refractivity (Wildman–Crippen MR) is 61.3 cm³/mol. The summed E-state index contributed by atoms with van der Waals surface area (Å²) in [7, 11) is 0. The first kappa shape index (κ1) is 15.2. The quantitative estimate of drug-likeness (QED) is 0.574. The molecular weight excluding hydrogens is 226 g/mol. The van der Waals surface area contributed by atoms with Crippen molar-refractivity contribution in [2.45, 2.75) is 32.7 Å². The summed E-state index contributed by atoms with van der Waals surface area (Å²) >= 11 is 0. The number of hydrogen-bond donors (Lipinski definition) is 3. The van der Waals surface area contributed by atoms with E-state index in [1.165, 1.54) is 11.8 Å².